The number of carboxylic acids is 1. The summed E-state index contributed by atoms with van der Waals surface area (Å²) in [4.78, 5) is 10.1. The third-order valence-corrected chi connectivity index (χ3v) is 4.93. The zero-order valence-electron chi connectivity index (χ0n) is 18.2. The van der Waals surface area contributed by atoms with Gasteiger partial charge in [-0.1, -0.05) is 119 Å². The van der Waals surface area contributed by atoms with Gasteiger partial charge in [0.1, 0.15) is 13.1 Å². The van der Waals surface area contributed by atoms with Crippen LogP contribution in [0, 0.1) is 0 Å². The van der Waals surface area contributed by atoms with Crippen molar-refractivity contribution in [3.05, 3.63) is 71.8 Å². The van der Waals surface area contributed by atoms with Crippen LogP contribution in [0.2, 0.25) is 0 Å². The predicted molar refractivity (Wildman–Crippen MR) is 119 cm³/mol. The Kier molecular flexibility index (Phi) is 15.4. The second-order valence-electron chi connectivity index (χ2n) is 7.62. The highest BCUT2D eigenvalue weighted by molar-refractivity contribution is 5.64. The zero-order valence-corrected chi connectivity index (χ0v) is 18.2. The Hall–Kier alpha value is -2.13. The van der Waals surface area contributed by atoms with E-state index in [-0.39, 0.29) is 6.42 Å². The second kappa shape index (κ2) is 17.9. The Labute approximate surface area is 177 Å². The third kappa shape index (κ3) is 15.5. The number of carboxylic acid groups (broad SMARTS) is 1. The molecule has 3 heteroatoms. The Bertz CT molecular complexity index is 574. The van der Waals surface area contributed by atoms with Crippen molar-refractivity contribution < 1.29 is 15.2 Å². The van der Waals surface area contributed by atoms with Crippen molar-refractivity contribution in [1.82, 2.24) is 0 Å². The van der Waals surface area contributed by atoms with Gasteiger partial charge in [-0.15, -0.1) is 0 Å². The molecule has 0 aliphatic heterocycles. The molecule has 0 unspecified atom stereocenters. The van der Waals surface area contributed by atoms with Gasteiger partial charge in [0, 0.05) is 17.1 Å². The molecule has 0 saturated carbocycles. The van der Waals surface area contributed by atoms with Crippen LogP contribution in [0.3, 0.4) is 0 Å². The first-order valence-electron chi connectivity index (χ1n) is 11.3. The largest absolute Gasteiger partial charge is 0.550 e. The van der Waals surface area contributed by atoms with Gasteiger partial charge in [0.25, 0.3) is 0 Å². The quantitative estimate of drug-likeness (QED) is 0.473. The van der Waals surface area contributed by atoms with Crippen molar-refractivity contribution >= 4 is 5.97 Å². The molecule has 0 atom stereocenters. The van der Waals surface area contributed by atoms with Gasteiger partial charge < -0.3 is 15.2 Å². The number of quaternary nitrogens is 1. The molecule has 0 fully saturated rings. The molecule has 2 N–H and O–H groups in total. The van der Waals surface area contributed by atoms with E-state index in [0.29, 0.717) is 0 Å². The van der Waals surface area contributed by atoms with Gasteiger partial charge >= 0.3 is 0 Å². The summed E-state index contributed by atoms with van der Waals surface area (Å²) in [5.41, 5.74) is 2.77. The summed E-state index contributed by atoms with van der Waals surface area (Å²) >= 11 is 0. The van der Waals surface area contributed by atoms with Gasteiger partial charge in [-0.05, 0) is 12.8 Å². The number of carbonyl (C=O) groups is 1. The van der Waals surface area contributed by atoms with Crippen molar-refractivity contribution in [2.45, 2.75) is 84.2 Å². The molecule has 0 bridgehead atoms. The van der Waals surface area contributed by atoms with Gasteiger partial charge in [0.2, 0.25) is 0 Å². The van der Waals surface area contributed by atoms with E-state index >= 15 is 0 Å². The minimum Gasteiger partial charge on any atom is -0.550 e. The molecular weight excluding hydrogens is 358 g/mol. The molecule has 0 heterocycles. The van der Waals surface area contributed by atoms with Crippen molar-refractivity contribution in [1.29, 1.82) is 0 Å². The van der Waals surface area contributed by atoms with E-state index in [0.717, 1.165) is 25.9 Å². The minimum absolute atomic E-state index is 0.232. The molecule has 160 valence electrons. The number of hydrogen-bond acceptors (Lipinski definition) is 2. The van der Waals surface area contributed by atoms with Crippen LogP contribution in [0.5, 0.6) is 0 Å². The van der Waals surface area contributed by atoms with Crippen LogP contribution in [-0.2, 0) is 17.9 Å². The lowest BCUT2D eigenvalue weighted by Crippen LogP contribution is -2.80. The highest BCUT2D eigenvalue weighted by Crippen LogP contribution is 2.10. The minimum atomic E-state index is -0.909. The van der Waals surface area contributed by atoms with Crippen LogP contribution >= 0.6 is 0 Å². The van der Waals surface area contributed by atoms with Crippen molar-refractivity contribution in [2.24, 2.45) is 0 Å². The standard InChI is InChI=1S/C14H15N.C12H24O2/c1-3-7-13(8-4-1)11-15-12-14-9-5-2-6-10-14;1-2-3-4-5-6-7-8-9-10-11-12(13)14/h1-10,15H,11-12H2;2-11H2,1H3,(H,13,14). The Morgan fingerprint density at radius 3 is 1.52 bits per heavy atom. The lowest BCUT2D eigenvalue weighted by molar-refractivity contribution is -0.686. The lowest BCUT2D eigenvalue weighted by atomic mass is 10.1. The van der Waals surface area contributed by atoms with Crippen LogP contribution in [0.1, 0.15) is 82.3 Å². The summed E-state index contributed by atoms with van der Waals surface area (Å²) in [5.74, 6) is -0.909. The SMILES string of the molecule is CCCCCCCCCCCC(=O)[O-].c1ccc(C[NH2+]Cc2ccccc2)cc1. The highest BCUT2D eigenvalue weighted by Gasteiger charge is 1.95. The van der Waals surface area contributed by atoms with E-state index in [2.05, 4.69) is 72.9 Å². The molecule has 0 spiro atoms. The van der Waals surface area contributed by atoms with E-state index in [1.54, 1.807) is 0 Å². The molecule has 0 aromatic heterocycles. The molecule has 0 saturated heterocycles. The number of rotatable bonds is 14. The Morgan fingerprint density at radius 2 is 1.10 bits per heavy atom. The number of aliphatic carboxylic acids is 1. The summed E-state index contributed by atoms with van der Waals surface area (Å²) in [7, 11) is 0. The summed E-state index contributed by atoms with van der Waals surface area (Å²) in [5, 5.41) is 12.4. The van der Waals surface area contributed by atoms with Gasteiger partial charge in [-0.3, -0.25) is 0 Å². The van der Waals surface area contributed by atoms with E-state index in [9.17, 15) is 9.90 Å². The number of carbonyl (C=O) groups excluding carboxylic acids is 1. The summed E-state index contributed by atoms with van der Waals surface area (Å²) < 4.78 is 0. The number of benzene rings is 2. The Morgan fingerprint density at radius 1 is 0.690 bits per heavy atom. The van der Waals surface area contributed by atoms with Crippen molar-refractivity contribution in [3.63, 3.8) is 0 Å². The molecule has 0 amide bonds. The van der Waals surface area contributed by atoms with Gasteiger partial charge in [0.15, 0.2) is 0 Å². The molecule has 2 rings (SSSR count). The van der Waals surface area contributed by atoms with Crippen LogP contribution < -0.4 is 10.4 Å². The fourth-order valence-corrected chi connectivity index (χ4v) is 3.21. The monoisotopic (exact) mass is 397 g/mol. The molecule has 29 heavy (non-hydrogen) atoms. The van der Waals surface area contributed by atoms with Crippen LogP contribution in [0.25, 0.3) is 0 Å². The predicted octanol–water partition coefficient (Wildman–Crippen LogP) is 4.61. The van der Waals surface area contributed by atoms with Crippen LogP contribution in [0.4, 0.5) is 0 Å². The molecule has 0 aliphatic rings. The zero-order chi connectivity index (χ0) is 21.0. The average Bonchev–Trinajstić information content (AvgIpc) is 2.74. The molecule has 2 aromatic rings. The van der Waals surface area contributed by atoms with Crippen LogP contribution in [-0.4, -0.2) is 5.97 Å². The normalized spacial score (nSPS) is 10.2. The van der Waals surface area contributed by atoms with E-state index in [1.807, 2.05) is 0 Å². The molecular formula is C26H39NO2. The maximum atomic E-state index is 10.1. The van der Waals surface area contributed by atoms with E-state index < -0.39 is 5.97 Å². The molecule has 3 nitrogen and oxygen atoms in total. The summed E-state index contributed by atoms with van der Waals surface area (Å²) in [6, 6.07) is 21.1. The molecule has 0 radical (unpaired) electrons. The fourth-order valence-electron chi connectivity index (χ4n) is 3.21. The topological polar surface area (TPSA) is 56.7 Å². The molecule has 2 aromatic carbocycles. The van der Waals surface area contributed by atoms with Crippen molar-refractivity contribution in [3.8, 4) is 0 Å². The van der Waals surface area contributed by atoms with Crippen molar-refractivity contribution in [2.75, 3.05) is 0 Å². The number of hydrogen-bond donors (Lipinski definition) is 1. The smallest absolute Gasteiger partial charge is 0.101 e. The van der Waals surface area contributed by atoms with Gasteiger partial charge in [0.05, 0.1) is 0 Å². The van der Waals surface area contributed by atoms with Crippen LogP contribution in [0.15, 0.2) is 60.7 Å². The lowest BCUT2D eigenvalue weighted by Gasteiger charge is -2.02. The number of unbranched alkanes of at least 4 members (excludes halogenated alkanes) is 8. The average molecular weight is 398 g/mol. The van der Waals surface area contributed by atoms with E-state index in [4.69, 9.17) is 0 Å². The summed E-state index contributed by atoms with van der Waals surface area (Å²) in [6.45, 7) is 4.32. The first kappa shape index (κ1) is 24.9. The van der Waals surface area contributed by atoms with Gasteiger partial charge in [-0.2, -0.15) is 0 Å². The van der Waals surface area contributed by atoms with E-state index in [1.165, 1.54) is 56.1 Å². The Balaban J connectivity index is 0.000000291. The maximum Gasteiger partial charge on any atom is 0.101 e. The number of nitrogens with two attached hydrogens (primary N) is 1. The summed E-state index contributed by atoms with van der Waals surface area (Å²) in [6.07, 6.45) is 11.2. The maximum absolute atomic E-state index is 10.1. The fraction of sp³-hybridized carbons (Fsp3) is 0.500. The second-order valence-corrected chi connectivity index (χ2v) is 7.62. The van der Waals surface area contributed by atoms with Gasteiger partial charge in [-0.25, -0.2) is 0 Å². The first-order chi connectivity index (χ1) is 14.2. The third-order valence-electron chi connectivity index (χ3n) is 4.93. The molecule has 0 aliphatic carbocycles. The highest BCUT2D eigenvalue weighted by atomic mass is 16.4. The first-order valence-corrected chi connectivity index (χ1v) is 11.3.